The Hall–Kier alpha value is -1.94. The molecule has 3 N–H and O–H groups in total. The Morgan fingerprint density at radius 3 is 2.16 bits per heavy atom. The molecule has 0 fully saturated rings. The molecule has 0 atom stereocenters. The third-order valence-corrected chi connectivity index (χ3v) is 5.55. The quantitative estimate of drug-likeness (QED) is 0.752. The first kappa shape index (κ1) is 19.4. The minimum atomic E-state index is -3.86. The number of nitrogens with one attached hydrogen (secondary N) is 1. The average molecular weight is 384 g/mol. The summed E-state index contributed by atoms with van der Waals surface area (Å²) in [6.45, 7) is 3.88. The zero-order chi connectivity index (χ0) is 18.7. The highest BCUT2D eigenvalue weighted by Gasteiger charge is 2.15. The molecule has 7 nitrogen and oxygen atoms in total. The Labute approximate surface area is 147 Å². The fraction of sp³-hybridized carbons (Fsp3) is 0.250. The van der Waals surface area contributed by atoms with Crippen LogP contribution in [0, 0.1) is 0 Å². The molecule has 0 radical (unpaired) electrons. The van der Waals surface area contributed by atoms with E-state index in [1.54, 1.807) is 24.3 Å². The van der Waals surface area contributed by atoms with Gasteiger partial charge in [-0.3, -0.25) is 0 Å². The van der Waals surface area contributed by atoms with Crippen LogP contribution in [0.1, 0.15) is 19.4 Å². The highest BCUT2D eigenvalue weighted by molar-refractivity contribution is 7.89. The fourth-order valence-corrected chi connectivity index (χ4v) is 3.60. The van der Waals surface area contributed by atoms with Gasteiger partial charge in [0, 0.05) is 6.54 Å². The molecule has 0 bridgehead atoms. The normalized spacial score (nSPS) is 12.3. The molecule has 0 heterocycles. The maximum atomic E-state index is 12.3. The van der Waals surface area contributed by atoms with Gasteiger partial charge in [-0.05, 0) is 55.8 Å². The topological polar surface area (TPSA) is 116 Å². The number of ether oxygens (including phenoxy) is 1. The summed E-state index contributed by atoms with van der Waals surface area (Å²) >= 11 is 0. The monoisotopic (exact) mass is 384 g/mol. The van der Waals surface area contributed by atoms with Crippen molar-refractivity contribution < 1.29 is 21.6 Å². The van der Waals surface area contributed by atoms with Crippen molar-refractivity contribution in [1.29, 1.82) is 0 Å². The van der Waals surface area contributed by atoms with Crippen LogP contribution < -0.4 is 14.6 Å². The standard InChI is InChI=1S/C16H20N2O5S2/c1-12(2)23-14-5-3-4-13(10-14)11-18-25(21,22)16-8-6-15(7-9-16)24(17,19)20/h3-10,12,18H,11H2,1-2H3,(H2,17,19,20). The van der Waals surface area contributed by atoms with Crippen LogP contribution in [-0.2, 0) is 26.6 Å². The minimum absolute atomic E-state index is 0.0179. The molecule has 0 spiro atoms. The van der Waals surface area contributed by atoms with E-state index >= 15 is 0 Å². The second-order valence-electron chi connectivity index (χ2n) is 5.65. The number of nitrogens with two attached hydrogens (primary N) is 1. The van der Waals surface area contributed by atoms with Crippen LogP contribution in [0.2, 0.25) is 0 Å². The van der Waals surface area contributed by atoms with Gasteiger partial charge in [-0.1, -0.05) is 12.1 Å². The lowest BCUT2D eigenvalue weighted by Crippen LogP contribution is -2.23. The summed E-state index contributed by atoms with van der Waals surface area (Å²) in [6.07, 6.45) is 0.0179. The summed E-state index contributed by atoms with van der Waals surface area (Å²) in [5, 5.41) is 4.99. The van der Waals surface area contributed by atoms with Gasteiger partial charge < -0.3 is 4.74 Å². The zero-order valence-corrected chi connectivity index (χ0v) is 15.5. The molecule has 0 aliphatic carbocycles. The molecular formula is C16H20N2O5S2. The molecule has 0 saturated heterocycles. The van der Waals surface area contributed by atoms with E-state index in [4.69, 9.17) is 9.88 Å². The van der Waals surface area contributed by atoms with Gasteiger partial charge >= 0.3 is 0 Å². The molecule has 25 heavy (non-hydrogen) atoms. The van der Waals surface area contributed by atoms with Gasteiger partial charge in [-0.15, -0.1) is 0 Å². The molecule has 0 aliphatic heterocycles. The fourth-order valence-electron chi connectivity index (χ4n) is 2.07. The molecular weight excluding hydrogens is 364 g/mol. The molecule has 0 aromatic heterocycles. The van der Waals surface area contributed by atoms with Crippen molar-refractivity contribution in [3.05, 3.63) is 54.1 Å². The third-order valence-electron chi connectivity index (χ3n) is 3.20. The van der Waals surface area contributed by atoms with Crippen molar-refractivity contribution in [2.45, 2.75) is 36.3 Å². The largest absolute Gasteiger partial charge is 0.491 e. The Morgan fingerprint density at radius 2 is 1.60 bits per heavy atom. The Kier molecular flexibility index (Phi) is 5.83. The zero-order valence-electron chi connectivity index (χ0n) is 13.8. The molecule has 0 aliphatic rings. The van der Waals surface area contributed by atoms with E-state index in [1.165, 1.54) is 12.1 Å². The van der Waals surface area contributed by atoms with Gasteiger partial charge in [0.25, 0.3) is 0 Å². The summed E-state index contributed by atoms with van der Waals surface area (Å²) in [4.78, 5) is -0.195. The average Bonchev–Trinajstić information content (AvgIpc) is 2.52. The molecule has 136 valence electrons. The number of hydrogen-bond donors (Lipinski definition) is 2. The molecule has 0 saturated carbocycles. The SMILES string of the molecule is CC(C)Oc1cccc(CNS(=O)(=O)c2ccc(S(N)(=O)=O)cc2)c1. The molecule has 2 aromatic rings. The molecule has 2 aromatic carbocycles. The van der Waals surface area contributed by atoms with Crippen molar-refractivity contribution in [2.24, 2.45) is 5.14 Å². The molecule has 2 rings (SSSR count). The predicted molar refractivity (Wildman–Crippen MR) is 94.0 cm³/mol. The first-order valence-electron chi connectivity index (χ1n) is 7.46. The highest BCUT2D eigenvalue weighted by atomic mass is 32.2. The van der Waals surface area contributed by atoms with Gasteiger partial charge in [0.2, 0.25) is 20.0 Å². The summed E-state index contributed by atoms with van der Waals surface area (Å²) in [5.41, 5.74) is 0.739. The van der Waals surface area contributed by atoms with E-state index in [2.05, 4.69) is 4.72 Å². The van der Waals surface area contributed by atoms with E-state index in [9.17, 15) is 16.8 Å². The Morgan fingerprint density at radius 1 is 1.00 bits per heavy atom. The van der Waals surface area contributed by atoms with Crippen molar-refractivity contribution in [2.75, 3.05) is 0 Å². The van der Waals surface area contributed by atoms with Crippen molar-refractivity contribution in [3.8, 4) is 5.75 Å². The minimum Gasteiger partial charge on any atom is -0.491 e. The van der Waals surface area contributed by atoms with Gasteiger partial charge in [0.15, 0.2) is 0 Å². The van der Waals surface area contributed by atoms with E-state index in [0.29, 0.717) is 5.75 Å². The molecule has 0 unspecified atom stereocenters. The number of benzene rings is 2. The third kappa shape index (κ3) is 5.53. The van der Waals surface area contributed by atoms with Crippen molar-refractivity contribution in [1.82, 2.24) is 4.72 Å². The lowest BCUT2D eigenvalue weighted by molar-refractivity contribution is 0.242. The van der Waals surface area contributed by atoms with Gasteiger partial charge in [0.05, 0.1) is 15.9 Å². The first-order chi connectivity index (χ1) is 11.6. The van der Waals surface area contributed by atoms with Gasteiger partial charge in [-0.25, -0.2) is 26.7 Å². The van der Waals surface area contributed by atoms with Crippen LogP contribution >= 0.6 is 0 Å². The van der Waals surface area contributed by atoms with E-state index in [0.717, 1.165) is 17.7 Å². The van der Waals surface area contributed by atoms with Crippen LogP contribution in [0.4, 0.5) is 0 Å². The first-order valence-corrected chi connectivity index (χ1v) is 10.5. The lowest BCUT2D eigenvalue weighted by atomic mass is 10.2. The lowest BCUT2D eigenvalue weighted by Gasteiger charge is -2.11. The Bertz CT molecular complexity index is 937. The Balaban J connectivity index is 2.11. The maximum Gasteiger partial charge on any atom is 0.240 e. The molecule has 0 amide bonds. The van der Waals surface area contributed by atoms with Crippen LogP contribution in [-0.4, -0.2) is 22.9 Å². The van der Waals surface area contributed by atoms with E-state index < -0.39 is 20.0 Å². The van der Waals surface area contributed by atoms with Crippen molar-refractivity contribution in [3.63, 3.8) is 0 Å². The summed E-state index contributed by atoms with van der Waals surface area (Å²) in [5.74, 6) is 0.657. The summed E-state index contributed by atoms with van der Waals surface area (Å²) in [7, 11) is -7.65. The predicted octanol–water partition coefficient (Wildman–Crippen LogP) is 1.60. The van der Waals surface area contributed by atoms with E-state index in [-0.39, 0.29) is 22.4 Å². The van der Waals surface area contributed by atoms with Gasteiger partial charge in [0.1, 0.15) is 5.75 Å². The van der Waals surface area contributed by atoms with Gasteiger partial charge in [-0.2, -0.15) is 0 Å². The second-order valence-corrected chi connectivity index (χ2v) is 8.98. The number of rotatable bonds is 7. The summed E-state index contributed by atoms with van der Waals surface area (Å²) < 4.78 is 55.1. The second kappa shape index (κ2) is 7.52. The van der Waals surface area contributed by atoms with Crippen LogP contribution in [0.25, 0.3) is 0 Å². The van der Waals surface area contributed by atoms with E-state index in [1.807, 2.05) is 13.8 Å². The number of sulfonamides is 2. The molecule has 9 heteroatoms. The van der Waals surface area contributed by atoms with Crippen LogP contribution in [0.3, 0.4) is 0 Å². The smallest absolute Gasteiger partial charge is 0.240 e. The maximum absolute atomic E-state index is 12.3. The highest BCUT2D eigenvalue weighted by Crippen LogP contribution is 2.17. The van der Waals surface area contributed by atoms with Crippen LogP contribution in [0.5, 0.6) is 5.75 Å². The van der Waals surface area contributed by atoms with Crippen LogP contribution in [0.15, 0.2) is 58.3 Å². The number of primary sulfonamides is 1. The number of hydrogen-bond acceptors (Lipinski definition) is 5. The summed E-state index contributed by atoms with van der Waals surface area (Å²) in [6, 6.07) is 11.8. The van der Waals surface area contributed by atoms with Crippen molar-refractivity contribution >= 4 is 20.0 Å².